The largest absolute Gasteiger partial charge is 0.393 e. The summed E-state index contributed by atoms with van der Waals surface area (Å²) in [6.45, 7) is 0. The van der Waals surface area contributed by atoms with Gasteiger partial charge in [0.25, 0.3) is 0 Å². The molecule has 1 fully saturated rings. The van der Waals surface area contributed by atoms with E-state index in [0.717, 1.165) is 5.56 Å². The summed E-state index contributed by atoms with van der Waals surface area (Å²) in [5.74, 6) is -1.22. The van der Waals surface area contributed by atoms with Crippen LogP contribution in [0.5, 0.6) is 0 Å². The highest BCUT2D eigenvalue weighted by Gasteiger charge is 2.33. The van der Waals surface area contributed by atoms with Crippen molar-refractivity contribution in [2.24, 2.45) is 5.92 Å². The second-order valence-corrected chi connectivity index (χ2v) is 3.96. The monoisotopic (exact) mass is 224 g/mol. The summed E-state index contributed by atoms with van der Waals surface area (Å²) in [6.07, 6.45) is 0.677. The molecule has 1 aromatic rings. The van der Waals surface area contributed by atoms with Crippen molar-refractivity contribution in [3.8, 4) is 0 Å². The van der Waals surface area contributed by atoms with Gasteiger partial charge in [-0.1, -0.05) is 23.7 Å². The van der Waals surface area contributed by atoms with Gasteiger partial charge in [0.1, 0.15) is 0 Å². The molecular formula is C11H9ClO3. The van der Waals surface area contributed by atoms with Gasteiger partial charge in [0.05, 0.1) is 12.3 Å². The van der Waals surface area contributed by atoms with Crippen LogP contribution in [0.3, 0.4) is 0 Å². The molecule has 78 valence electrons. The van der Waals surface area contributed by atoms with Crippen LogP contribution in [0.15, 0.2) is 24.3 Å². The van der Waals surface area contributed by atoms with Crippen LogP contribution in [0.25, 0.3) is 0 Å². The maximum absolute atomic E-state index is 11.2. The highest BCUT2D eigenvalue weighted by atomic mass is 35.5. The Morgan fingerprint density at radius 1 is 1.40 bits per heavy atom. The minimum absolute atomic E-state index is 0.172. The fourth-order valence-corrected chi connectivity index (χ4v) is 1.84. The van der Waals surface area contributed by atoms with E-state index < -0.39 is 11.9 Å². The Morgan fingerprint density at radius 2 is 2.20 bits per heavy atom. The number of rotatable bonds is 2. The maximum atomic E-state index is 11.2. The molecule has 4 heteroatoms. The topological polar surface area (TPSA) is 43.4 Å². The minimum Gasteiger partial charge on any atom is -0.393 e. The van der Waals surface area contributed by atoms with E-state index in [9.17, 15) is 9.59 Å². The molecule has 0 saturated carbocycles. The molecule has 0 aliphatic carbocycles. The van der Waals surface area contributed by atoms with Crippen molar-refractivity contribution >= 4 is 23.5 Å². The summed E-state index contributed by atoms with van der Waals surface area (Å²) in [5.41, 5.74) is 0.944. The first-order chi connectivity index (χ1) is 7.15. The Balaban J connectivity index is 2.09. The van der Waals surface area contributed by atoms with Crippen molar-refractivity contribution in [2.45, 2.75) is 12.8 Å². The standard InChI is InChI=1S/C11H9ClO3/c12-9-3-1-2-7(5-9)4-8-6-10(13)15-11(8)14/h1-3,5,8H,4,6H2. The van der Waals surface area contributed by atoms with E-state index >= 15 is 0 Å². The number of carbonyl (C=O) groups excluding carboxylic acids is 2. The van der Waals surface area contributed by atoms with Gasteiger partial charge < -0.3 is 4.74 Å². The van der Waals surface area contributed by atoms with Gasteiger partial charge in [0.15, 0.2) is 0 Å². The van der Waals surface area contributed by atoms with E-state index in [1.807, 2.05) is 12.1 Å². The molecule has 1 heterocycles. The molecule has 1 aliphatic rings. The molecule has 1 atom stereocenters. The third-order valence-corrected chi connectivity index (χ3v) is 2.57. The van der Waals surface area contributed by atoms with Crippen molar-refractivity contribution in [1.82, 2.24) is 0 Å². The molecule has 3 nitrogen and oxygen atoms in total. The first kappa shape index (κ1) is 10.2. The zero-order chi connectivity index (χ0) is 10.8. The van der Waals surface area contributed by atoms with E-state index in [0.29, 0.717) is 11.4 Å². The first-order valence-corrected chi connectivity index (χ1v) is 5.02. The van der Waals surface area contributed by atoms with Crippen molar-refractivity contribution in [2.75, 3.05) is 0 Å². The second-order valence-electron chi connectivity index (χ2n) is 3.53. The molecule has 0 amide bonds. The number of cyclic esters (lactones) is 2. The second kappa shape index (κ2) is 4.03. The van der Waals surface area contributed by atoms with Crippen LogP contribution in [0, 0.1) is 5.92 Å². The van der Waals surface area contributed by atoms with Crippen LogP contribution in [0.1, 0.15) is 12.0 Å². The molecule has 0 bridgehead atoms. The summed E-state index contributed by atoms with van der Waals surface area (Å²) >= 11 is 5.81. The lowest BCUT2D eigenvalue weighted by Gasteiger charge is -2.04. The molecule has 0 spiro atoms. The third kappa shape index (κ3) is 2.36. The zero-order valence-corrected chi connectivity index (χ0v) is 8.66. The van der Waals surface area contributed by atoms with Crippen LogP contribution in [-0.2, 0) is 20.7 Å². The number of carbonyl (C=O) groups is 2. The number of benzene rings is 1. The Hall–Kier alpha value is -1.35. The van der Waals surface area contributed by atoms with Crippen LogP contribution in [0.4, 0.5) is 0 Å². The van der Waals surface area contributed by atoms with E-state index in [1.165, 1.54) is 0 Å². The van der Waals surface area contributed by atoms with Crippen LogP contribution < -0.4 is 0 Å². The van der Waals surface area contributed by atoms with Crippen LogP contribution >= 0.6 is 11.6 Å². The van der Waals surface area contributed by atoms with Gasteiger partial charge in [-0.2, -0.15) is 0 Å². The van der Waals surface area contributed by atoms with Crippen LogP contribution in [-0.4, -0.2) is 11.9 Å². The third-order valence-electron chi connectivity index (χ3n) is 2.33. The molecule has 15 heavy (non-hydrogen) atoms. The van der Waals surface area contributed by atoms with E-state index in [-0.39, 0.29) is 12.3 Å². The number of hydrogen-bond donors (Lipinski definition) is 0. The Kier molecular flexibility index (Phi) is 2.73. The molecule has 1 aliphatic heterocycles. The van der Waals surface area contributed by atoms with Gasteiger partial charge in [0, 0.05) is 5.02 Å². The number of ether oxygens (including phenoxy) is 1. The number of hydrogen-bond acceptors (Lipinski definition) is 3. The predicted molar refractivity (Wildman–Crippen MR) is 54.4 cm³/mol. The number of esters is 2. The van der Waals surface area contributed by atoms with Gasteiger partial charge in [-0.3, -0.25) is 9.59 Å². The molecule has 0 radical (unpaired) electrons. The van der Waals surface area contributed by atoms with Gasteiger partial charge in [0.2, 0.25) is 0 Å². The highest BCUT2D eigenvalue weighted by molar-refractivity contribution is 6.30. The first-order valence-electron chi connectivity index (χ1n) is 4.64. The summed E-state index contributed by atoms with van der Waals surface area (Å²) in [7, 11) is 0. The Bertz CT molecular complexity index is 414. The molecule has 0 N–H and O–H groups in total. The average Bonchev–Trinajstić information content (AvgIpc) is 2.45. The maximum Gasteiger partial charge on any atom is 0.317 e. The van der Waals surface area contributed by atoms with Crippen LogP contribution in [0.2, 0.25) is 5.02 Å². The van der Waals surface area contributed by atoms with Gasteiger partial charge >= 0.3 is 11.9 Å². The number of halogens is 1. The van der Waals surface area contributed by atoms with E-state index in [4.69, 9.17) is 11.6 Å². The lowest BCUT2D eigenvalue weighted by molar-refractivity contribution is -0.153. The van der Waals surface area contributed by atoms with E-state index in [2.05, 4.69) is 4.74 Å². The fraction of sp³-hybridized carbons (Fsp3) is 0.273. The van der Waals surface area contributed by atoms with Crippen molar-refractivity contribution in [3.63, 3.8) is 0 Å². The molecule has 2 rings (SSSR count). The average molecular weight is 225 g/mol. The molecule has 1 unspecified atom stereocenters. The van der Waals surface area contributed by atoms with Crippen molar-refractivity contribution in [3.05, 3.63) is 34.9 Å². The van der Waals surface area contributed by atoms with Gasteiger partial charge in [-0.05, 0) is 24.1 Å². The van der Waals surface area contributed by atoms with Gasteiger partial charge in [-0.15, -0.1) is 0 Å². The Morgan fingerprint density at radius 3 is 2.80 bits per heavy atom. The molecule has 1 aromatic carbocycles. The Labute approximate surface area is 92.0 Å². The normalized spacial score (nSPS) is 20.5. The zero-order valence-electron chi connectivity index (χ0n) is 7.90. The summed E-state index contributed by atoms with van der Waals surface area (Å²) in [6, 6.07) is 7.25. The van der Waals surface area contributed by atoms with Crippen molar-refractivity contribution < 1.29 is 14.3 Å². The van der Waals surface area contributed by atoms with Gasteiger partial charge in [-0.25, -0.2) is 0 Å². The molecular weight excluding hydrogens is 216 g/mol. The fourth-order valence-electron chi connectivity index (χ4n) is 1.63. The summed E-state index contributed by atoms with van der Waals surface area (Å²) in [5, 5.41) is 0.630. The highest BCUT2D eigenvalue weighted by Crippen LogP contribution is 2.22. The quantitative estimate of drug-likeness (QED) is 0.570. The SMILES string of the molecule is O=C1CC(Cc2cccc(Cl)c2)C(=O)O1. The van der Waals surface area contributed by atoms with Crippen molar-refractivity contribution in [1.29, 1.82) is 0 Å². The van der Waals surface area contributed by atoms with E-state index in [1.54, 1.807) is 12.1 Å². The molecule has 1 saturated heterocycles. The summed E-state index contributed by atoms with van der Waals surface area (Å²) < 4.78 is 4.47. The lowest BCUT2D eigenvalue weighted by Crippen LogP contribution is -2.10. The minimum atomic E-state index is -0.438. The predicted octanol–water partition coefficient (Wildman–Crippen LogP) is 1.97. The molecule has 0 aromatic heterocycles. The smallest absolute Gasteiger partial charge is 0.317 e. The summed E-state index contributed by atoms with van der Waals surface area (Å²) in [4.78, 5) is 22.0. The lowest BCUT2D eigenvalue weighted by atomic mass is 9.98.